The number of hydrogen-bond donors (Lipinski definition) is 1. The van der Waals surface area contributed by atoms with Crippen molar-refractivity contribution in [3.05, 3.63) is 24.8 Å². The van der Waals surface area contributed by atoms with Crippen molar-refractivity contribution < 1.29 is 28.5 Å². The molecule has 2 fully saturated rings. The average Bonchev–Trinajstić information content (AvgIpc) is 2.99. The topological polar surface area (TPSA) is 75.3 Å². The third kappa shape index (κ3) is 3.78. The first kappa shape index (κ1) is 20.3. The van der Waals surface area contributed by atoms with Crippen LogP contribution in [0.5, 0.6) is 0 Å². The van der Waals surface area contributed by atoms with Gasteiger partial charge in [0.1, 0.15) is 28.9 Å². The lowest BCUT2D eigenvalue weighted by atomic mass is 9.75. The molecule has 1 amide bonds. The maximum atomic E-state index is 12.5. The van der Waals surface area contributed by atoms with Crippen LogP contribution in [0.1, 0.15) is 48.5 Å². The molecule has 2 unspecified atom stereocenters. The lowest BCUT2D eigenvalue weighted by Crippen LogP contribution is -2.65. The number of alkyl carbamates (subject to hydrolysis) is 1. The van der Waals surface area contributed by atoms with Gasteiger partial charge in [-0.15, -0.1) is 6.58 Å². The first-order valence-corrected chi connectivity index (χ1v) is 9.26. The number of rotatable bonds is 2. The quantitative estimate of drug-likeness (QED) is 0.741. The van der Waals surface area contributed by atoms with Crippen LogP contribution in [0.25, 0.3) is 0 Å². The summed E-state index contributed by atoms with van der Waals surface area (Å²) in [6.07, 6.45) is 3.75. The van der Waals surface area contributed by atoms with Gasteiger partial charge in [-0.2, -0.15) is 0 Å². The van der Waals surface area contributed by atoms with Crippen LogP contribution in [-0.4, -0.2) is 53.2 Å². The van der Waals surface area contributed by atoms with Crippen molar-refractivity contribution in [1.29, 1.82) is 0 Å². The Morgan fingerprint density at radius 1 is 1.15 bits per heavy atom. The first-order valence-electron chi connectivity index (χ1n) is 9.26. The maximum Gasteiger partial charge on any atom is 0.408 e. The van der Waals surface area contributed by atoms with E-state index in [1.54, 1.807) is 6.08 Å². The van der Waals surface area contributed by atoms with Crippen LogP contribution >= 0.6 is 0 Å². The molecule has 1 N–H and O–H groups in total. The van der Waals surface area contributed by atoms with Crippen LogP contribution in [0.15, 0.2) is 24.8 Å². The molecule has 0 radical (unpaired) electrons. The van der Waals surface area contributed by atoms with E-state index in [0.717, 1.165) is 0 Å². The molecule has 4 atom stereocenters. The number of amides is 1. The molecule has 152 valence electrons. The summed E-state index contributed by atoms with van der Waals surface area (Å²) in [5, 5.41) is 2.91. The Bertz CT molecular complexity index is 664. The molecule has 0 aromatic carbocycles. The second-order valence-electron chi connectivity index (χ2n) is 9.32. The zero-order valence-corrected chi connectivity index (χ0v) is 17.3. The monoisotopic (exact) mass is 381 g/mol. The van der Waals surface area contributed by atoms with Gasteiger partial charge in [-0.05, 0) is 54.5 Å². The minimum absolute atomic E-state index is 0.330. The van der Waals surface area contributed by atoms with Crippen molar-refractivity contribution in [3.63, 3.8) is 0 Å². The van der Waals surface area contributed by atoms with E-state index in [9.17, 15) is 4.79 Å². The molecule has 3 rings (SSSR count). The fourth-order valence-electron chi connectivity index (χ4n) is 3.79. The average molecular weight is 381 g/mol. The van der Waals surface area contributed by atoms with E-state index >= 15 is 0 Å². The predicted octanol–water partition coefficient (Wildman–Crippen LogP) is 3.05. The largest absolute Gasteiger partial charge is 0.444 e. The summed E-state index contributed by atoms with van der Waals surface area (Å²) in [6.45, 7) is 17.1. The number of ether oxygens (including phenoxy) is 5. The molecule has 27 heavy (non-hydrogen) atoms. The van der Waals surface area contributed by atoms with Gasteiger partial charge in [0.25, 0.3) is 0 Å². The maximum absolute atomic E-state index is 12.5. The summed E-state index contributed by atoms with van der Waals surface area (Å²) in [7, 11) is 0. The van der Waals surface area contributed by atoms with E-state index in [0.29, 0.717) is 6.61 Å². The lowest BCUT2D eigenvalue weighted by Gasteiger charge is -2.45. The second kappa shape index (κ2) is 6.04. The van der Waals surface area contributed by atoms with Gasteiger partial charge in [0.15, 0.2) is 11.6 Å². The molecule has 0 saturated carbocycles. The minimum Gasteiger partial charge on any atom is -0.444 e. The highest BCUT2D eigenvalue weighted by Crippen LogP contribution is 2.48. The predicted molar refractivity (Wildman–Crippen MR) is 99.1 cm³/mol. The Kier molecular flexibility index (Phi) is 4.55. The lowest BCUT2D eigenvalue weighted by molar-refractivity contribution is -0.192. The van der Waals surface area contributed by atoms with Crippen LogP contribution < -0.4 is 5.32 Å². The van der Waals surface area contributed by atoms with Crippen LogP contribution in [-0.2, 0) is 23.7 Å². The molecule has 0 aromatic rings. The molecular formula is C20H31NO6. The molecule has 0 aromatic heterocycles. The Balaban J connectivity index is 1.96. The second-order valence-corrected chi connectivity index (χ2v) is 9.32. The highest BCUT2D eigenvalue weighted by molar-refractivity contribution is 5.70. The van der Waals surface area contributed by atoms with Crippen LogP contribution in [0.2, 0.25) is 0 Å². The molecule has 3 aliphatic rings. The zero-order chi connectivity index (χ0) is 20.3. The van der Waals surface area contributed by atoms with Crippen molar-refractivity contribution >= 4 is 6.09 Å². The van der Waals surface area contributed by atoms with E-state index in [4.69, 9.17) is 23.7 Å². The number of carbonyl (C=O) groups excluding carboxylic acids is 1. The van der Waals surface area contributed by atoms with E-state index in [2.05, 4.69) is 11.9 Å². The molecule has 2 aliphatic heterocycles. The normalized spacial score (nSPS) is 39.2. The molecule has 2 heterocycles. The summed E-state index contributed by atoms with van der Waals surface area (Å²) in [4.78, 5) is 12.5. The van der Waals surface area contributed by atoms with Crippen molar-refractivity contribution in [2.45, 2.75) is 89.0 Å². The standard InChI is InChI=1S/C20H31NO6/c1-9-19(21-15(22)26-16(2,3)4)10-11-20(12-23-17(5,6)27-20)14-13(19)24-18(7,8)25-14/h9-11,13-14H,1,12H2,2-8H3,(H,21,22)/t13-,14?,19-,20?/m1/s1. The molecule has 2 saturated heterocycles. The van der Waals surface area contributed by atoms with Gasteiger partial charge in [-0.25, -0.2) is 4.79 Å². The summed E-state index contributed by atoms with van der Waals surface area (Å²) in [5.74, 6) is -1.59. The highest BCUT2D eigenvalue weighted by atomic mass is 16.8. The first-order chi connectivity index (χ1) is 12.2. The Morgan fingerprint density at radius 3 is 2.30 bits per heavy atom. The SMILES string of the molecule is C=C[C@@]1(NC(=O)OC(C)(C)C)C=CC2(COC(C)(C)O2)C2OC(C)(C)O[C@H]21. The van der Waals surface area contributed by atoms with Crippen LogP contribution in [0, 0.1) is 0 Å². The van der Waals surface area contributed by atoms with Gasteiger partial charge < -0.3 is 29.0 Å². The van der Waals surface area contributed by atoms with Crippen molar-refractivity contribution in [2.24, 2.45) is 0 Å². The fourth-order valence-corrected chi connectivity index (χ4v) is 3.79. The number of carbonyl (C=O) groups is 1. The molecule has 1 spiro atoms. The molecular weight excluding hydrogens is 350 g/mol. The van der Waals surface area contributed by atoms with Crippen molar-refractivity contribution in [1.82, 2.24) is 5.32 Å². The summed E-state index contributed by atoms with van der Waals surface area (Å²) in [6, 6.07) is 0. The fraction of sp³-hybridized carbons (Fsp3) is 0.750. The van der Waals surface area contributed by atoms with Gasteiger partial charge in [-0.3, -0.25) is 0 Å². The Hall–Kier alpha value is -1.41. The summed E-state index contributed by atoms with van der Waals surface area (Å²) in [5.41, 5.74) is -2.42. The van der Waals surface area contributed by atoms with Gasteiger partial charge in [-0.1, -0.05) is 12.2 Å². The molecule has 1 aliphatic carbocycles. The number of fused-ring (bicyclic) bond motifs is 2. The molecule has 0 bridgehead atoms. The van der Waals surface area contributed by atoms with Gasteiger partial charge in [0.2, 0.25) is 0 Å². The van der Waals surface area contributed by atoms with Crippen LogP contribution in [0.3, 0.4) is 0 Å². The Morgan fingerprint density at radius 2 is 1.78 bits per heavy atom. The highest BCUT2D eigenvalue weighted by Gasteiger charge is 2.64. The Labute approximate surface area is 161 Å². The number of hydrogen-bond acceptors (Lipinski definition) is 6. The van der Waals surface area contributed by atoms with E-state index < -0.39 is 46.6 Å². The third-order valence-electron chi connectivity index (χ3n) is 4.83. The summed E-state index contributed by atoms with van der Waals surface area (Å²) >= 11 is 0. The van der Waals surface area contributed by atoms with Crippen LogP contribution in [0.4, 0.5) is 4.79 Å². The van der Waals surface area contributed by atoms with Gasteiger partial charge in [0.05, 0.1) is 6.61 Å². The van der Waals surface area contributed by atoms with E-state index in [1.165, 1.54) is 0 Å². The zero-order valence-electron chi connectivity index (χ0n) is 17.3. The summed E-state index contributed by atoms with van der Waals surface area (Å²) < 4.78 is 29.9. The third-order valence-corrected chi connectivity index (χ3v) is 4.83. The minimum atomic E-state index is -0.998. The molecule has 7 nitrogen and oxygen atoms in total. The number of nitrogens with one attached hydrogen (secondary N) is 1. The molecule has 7 heteroatoms. The van der Waals surface area contributed by atoms with Gasteiger partial charge in [0, 0.05) is 0 Å². The van der Waals surface area contributed by atoms with E-state index in [-0.39, 0.29) is 0 Å². The van der Waals surface area contributed by atoms with Gasteiger partial charge >= 0.3 is 6.09 Å². The van der Waals surface area contributed by atoms with E-state index in [1.807, 2.05) is 60.6 Å². The smallest absolute Gasteiger partial charge is 0.408 e. The van der Waals surface area contributed by atoms with Crippen molar-refractivity contribution in [2.75, 3.05) is 6.61 Å². The van der Waals surface area contributed by atoms with Crippen molar-refractivity contribution in [3.8, 4) is 0 Å².